The maximum Gasteiger partial charge on any atom is 0.271 e. The number of imide groups is 1. The minimum atomic E-state index is -1.14. The van der Waals surface area contributed by atoms with Gasteiger partial charge in [-0.2, -0.15) is 0 Å². The Morgan fingerprint density at radius 3 is 2.16 bits per heavy atom. The molecule has 3 amide bonds. The highest BCUT2D eigenvalue weighted by Gasteiger charge is 2.42. The lowest BCUT2D eigenvalue weighted by molar-refractivity contribution is -0.384. The van der Waals surface area contributed by atoms with Gasteiger partial charge >= 0.3 is 0 Å². The van der Waals surface area contributed by atoms with Crippen molar-refractivity contribution < 1.29 is 19.3 Å². The van der Waals surface area contributed by atoms with Crippen molar-refractivity contribution in [3.8, 4) is 0 Å². The number of aryl methyl sites for hydroxylation is 1. The van der Waals surface area contributed by atoms with Gasteiger partial charge in [-0.3, -0.25) is 29.4 Å². The fourth-order valence-corrected chi connectivity index (χ4v) is 3.70. The Balaban J connectivity index is 1.70. The summed E-state index contributed by atoms with van der Waals surface area (Å²) in [7, 11) is 0. The smallest absolute Gasteiger partial charge is 0.271 e. The van der Waals surface area contributed by atoms with Gasteiger partial charge in [0, 0.05) is 18.6 Å². The van der Waals surface area contributed by atoms with Crippen LogP contribution in [0.2, 0.25) is 0 Å². The third kappa shape index (κ3) is 3.85. The number of hydrogen-bond donors (Lipinski definition) is 1. The second kappa shape index (κ2) is 8.43. The summed E-state index contributed by atoms with van der Waals surface area (Å²) in [6.45, 7) is 1.70. The number of hydrogen-bond acceptors (Lipinski definition) is 5. The van der Waals surface area contributed by atoms with Crippen molar-refractivity contribution in [2.24, 2.45) is 0 Å². The fourth-order valence-electron chi connectivity index (χ4n) is 3.70. The number of nitrogens with zero attached hydrogens (tertiary/aromatic N) is 2. The molecule has 0 saturated carbocycles. The van der Waals surface area contributed by atoms with Gasteiger partial charge in [-0.25, -0.2) is 0 Å². The molecular formula is C24H19N3O5. The van der Waals surface area contributed by atoms with Crippen molar-refractivity contribution >= 4 is 29.1 Å². The van der Waals surface area contributed by atoms with E-state index in [-0.39, 0.29) is 28.9 Å². The van der Waals surface area contributed by atoms with Gasteiger partial charge < -0.3 is 5.32 Å². The average molecular weight is 429 g/mol. The van der Waals surface area contributed by atoms with Gasteiger partial charge in [0.05, 0.1) is 21.7 Å². The van der Waals surface area contributed by atoms with Gasteiger partial charge in [-0.1, -0.05) is 48.5 Å². The molecular weight excluding hydrogens is 410 g/mol. The molecule has 1 heterocycles. The first-order valence-electron chi connectivity index (χ1n) is 9.93. The molecule has 0 saturated heterocycles. The number of benzene rings is 3. The van der Waals surface area contributed by atoms with E-state index in [0.29, 0.717) is 5.56 Å². The number of nitro benzene ring substituents is 1. The number of nitrogens with one attached hydrogen (secondary N) is 1. The number of anilines is 1. The van der Waals surface area contributed by atoms with Crippen LogP contribution in [0.5, 0.6) is 0 Å². The van der Waals surface area contributed by atoms with Crippen molar-refractivity contribution in [1.82, 2.24) is 4.90 Å². The Bertz CT molecular complexity index is 1200. The molecule has 32 heavy (non-hydrogen) atoms. The highest BCUT2D eigenvalue weighted by Crippen LogP contribution is 2.28. The number of carbonyl (C=O) groups excluding carboxylic acids is 3. The SMILES string of the molecule is Cc1ccc([N+](=O)[O-])cc1NC(=O)[C@H](Cc1ccccc1)N1C(=O)c2ccccc2C1=O. The second-order valence-electron chi connectivity index (χ2n) is 7.48. The minimum Gasteiger partial charge on any atom is -0.324 e. The molecule has 3 aromatic carbocycles. The van der Waals surface area contributed by atoms with Crippen LogP contribution in [0.25, 0.3) is 0 Å². The molecule has 0 aromatic heterocycles. The first kappa shape index (κ1) is 20.9. The summed E-state index contributed by atoms with van der Waals surface area (Å²) in [6.07, 6.45) is 0.103. The zero-order valence-corrected chi connectivity index (χ0v) is 17.1. The summed E-state index contributed by atoms with van der Waals surface area (Å²) in [5.74, 6) is -1.69. The van der Waals surface area contributed by atoms with Crippen LogP contribution in [0, 0.1) is 17.0 Å². The Labute approximate surface area is 183 Å². The molecule has 0 aliphatic carbocycles. The first-order chi connectivity index (χ1) is 15.4. The maximum atomic E-state index is 13.4. The van der Waals surface area contributed by atoms with Crippen LogP contribution in [0.1, 0.15) is 31.8 Å². The highest BCUT2D eigenvalue weighted by molar-refractivity contribution is 6.23. The van der Waals surface area contributed by atoms with E-state index in [9.17, 15) is 24.5 Å². The lowest BCUT2D eigenvalue weighted by Crippen LogP contribution is -2.48. The maximum absolute atomic E-state index is 13.4. The molecule has 1 aliphatic rings. The number of carbonyl (C=O) groups is 3. The van der Waals surface area contributed by atoms with Crippen molar-refractivity contribution in [1.29, 1.82) is 0 Å². The van der Waals surface area contributed by atoms with Gasteiger partial charge in [0.2, 0.25) is 5.91 Å². The summed E-state index contributed by atoms with van der Waals surface area (Å²) in [6, 6.07) is 18.5. The van der Waals surface area contributed by atoms with Crippen molar-refractivity contribution in [2.75, 3.05) is 5.32 Å². The Morgan fingerprint density at radius 1 is 0.969 bits per heavy atom. The number of nitro groups is 1. The molecule has 0 spiro atoms. The van der Waals surface area contributed by atoms with Gasteiger partial charge in [-0.05, 0) is 30.2 Å². The Hall–Kier alpha value is -4.33. The molecule has 8 nitrogen and oxygen atoms in total. The predicted molar refractivity (Wildman–Crippen MR) is 117 cm³/mol. The van der Waals surface area contributed by atoms with E-state index in [2.05, 4.69) is 5.32 Å². The zero-order valence-electron chi connectivity index (χ0n) is 17.1. The van der Waals surface area contributed by atoms with E-state index in [4.69, 9.17) is 0 Å². The molecule has 0 fully saturated rings. The Morgan fingerprint density at radius 2 is 1.56 bits per heavy atom. The van der Waals surface area contributed by atoms with E-state index in [0.717, 1.165) is 10.5 Å². The van der Waals surface area contributed by atoms with Crippen molar-refractivity contribution in [3.05, 3.63) is 105 Å². The van der Waals surface area contributed by atoms with Crippen LogP contribution in [0.15, 0.2) is 72.8 Å². The topological polar surface area (TPSA) is 110 Å². The van der Waals surface area contributed by atoms with Gasteiger partial charge in [0.25, 0.3) is 17.5 Å². The van der Waals surface area contributed by atoms with Gasteiger partial charge in [-0.15, -0.1) is 0 Å². The standard InChI is InChI=1S/C24H19N3O5/c1-15-11-12-17(27(31)32)14-20(15)25-22(28)21(13-16-7-3-2-4-8-16)26-23(29)18-9-5-6-10-19(18)24(26)30/h2-12,14,21H,13H2,1H3,(H,25,28)/t21-/m0/s1. The second-order valence-corrected chi connectivity index (χ2v) is 7.48. The Kier molecular flexibility index (Phi) is 5.51. The normalized spacial score (nSPS) is 13.6. The molecule has 1 atom stereocenters. The van der Waals surface area contributed by atoms with Crippen LogP contribution >= 0.6 is 0 Å². The largest absolute Gasteiger partial charge is 0.324 e. The quantitative estimate of drug-likeness (QED) is 0.365. The van der Waals surface area contributed by atoms with Crippen LogP contribution in [0.4, 0.5) is 11.4 Å². The monoisotopic (exact) mass is 429 g/mol. The number of rotatable bonds is 6. The number of non-ortho nitro benzene ring substituents is 1. The number of fused-ring (bicyclic) bond motifs is 1. The zero-order chi connectivity index (χ0) is 22.8. The predicted octanol–water partition coefficient (Wildman–Crippen LogP) is 3.75. The van der Waals surface area contributed by atoms with E-state index in [1.807, 2.05) is 6.07 Å². The summed E-state index contributed by atoms with van der Waals surface area (Å²) in [5.41, 5.74) is 1.94. The molecule has 4 rings (SSSR count). The molecule has 8 heteroatoms. The van der Waals surface area contributed by atoms with Crippen molar-refractivity contribution in [2.45, 2.75) is 19.4 Å². The molecule has 160 valence electrons. The van der Waals surface area contributed by atoms with Crippen LogP contribution in [-0.4, -0.2) is 33.6 Å². The highest BCUT2D eigenvalue weighted by atomic mass is 16.6. The molecule has 1 N–H and O–H groups in total. The average Bonchev–Trinajstić information content (AvgIpc) is 3.04. The van der Waals surface area contributed by atoms with Crippen LogP contribution in [-0.2, 0) is 11.2 Å². The van der Waals surface area contributed by atoms with Crippen LogP contribution < -0.4 is 5.32 Å². The third-order valence-electron chi connectivity index (χ3n) is 5.40. The lowest BCUT2D eigenvalue weighted by atomic mass is 10.0. The molecule has 3 aromatic rings. The summed E-state index contributed by atoms with van der Waals surface area (Å²) in [4.78, 5) is 51.0. The fraction of sp³-hybridized carbons (Fsp3) is 0.125. The van der Waals surface area contributed by atoms with E-state index in [1.54, 1.807) is 55.5 Å². The van der Waals surface area contributed by atoms with Gasteiger partial charge in [0.15, 0.2) is 0 Å². The van der Waals surface area contributed by atoms with Crippen molar-refractivity contribution in [3.63, 3.8) is 0 Å². The van der Waals surface area contributed by atoms with Gasteiger partial charge in [0.1, 0.15) is 6.04 Å². The van der Waals surface area contributed by atoms with E-state index >= 15 is 0 Å². The first-order valence-corrected chi connectivity index (χ1v) is 9.93. The number of amides is 3. The third-order valence-corrected chi connectivity index (χ3v) is 5.40. The molecule has 1 aliphatic heterocycles. The molecule has 0 radical (unpaired) electrons. The van der Waals surface area contributed by atoms with Crippen LogP contribution in [0.3, 0.4) is 0 Å². The summed E-state index contributed by atoms with van der Waals surface area (Å²) in [5, 5.41) is 13.8. The molecule has 0 unspecified atom stereocenters. The van der Waals surface area contributed by atoms with E-state index in [1.165, 1.54) is 18.2 Å². The summed E-state index contributed by atoms with van der Waals surface area (Å²) < 4.78 is 0. The molecule has 0 bridgehead atoms. The lowest BCUT2D eigenvalue weighted by Gasteiger charge is -2.26. The van der Waals surface area contributed by atoms with E-state index < -0.39 is 28.7 Å². The minimum absolute atomic E-state index is 0.103. The summed E-state index contributed by atoms with van der Waals surface area (Å²) >= 11 is 0.